The van der Waals surface area contributed by atoms with Crippen molar-refractivity contribution in [3.63, 3.8) is 0 Å². The fraction of sp³-hybridized carbons (Fsp3) is 0.182. The van der Waals surface area contributed by atoms with Gasteiger partial charge in [-0.3, -0.25) is 0 Å². The fourth-order valence-electron chi connectivity index (χ4n) is 3.65. The van der Waals surface area contributed by atoms with Crippen LogP contribution in [-0.4, -0.2) is 12.2 Å². The number of nitrogens with zero attached hydrogens (tertiary/aromatic N) is 1. The Morgan fingerprint density at radius 3 is 2.72 bits per heavy atom. The third-order valence-corrected chi connectivity index (χ3v) is 6.99. The van der Waals surface area contributed by atoms with Crippen LogP contribution in [0.25, 0.3) is 17.0 Å². The number of halogens is 2. The molecular formula is C22H15Br2NO4. The van der Waals surface area contributed by atoms with E-state index in [1.165, 1.54) is 7.11 Å². The summed E-state index contributed by atoms with van der Waals surface area (Å²) in [6.45, 7) is 0. The van der Waals surface area contributed by atoms with Crippen LogP contribution in [0, 0.1) is 17.2 Å². The molecule has 0 fully saturated rings. The van der Waals surface area contributed by atoms with Crippen molar-refractivity contribution in [3.8, 4) is 11.8 Å². The van der Waals surface area contributed by atoms with Crippen LogP contribution in [0.4, 0.5) is 0 Å². The van der Waals surface area contributed by atoms with Crippen molar-refractivity contribution in [1.29, 1.82) is 5.26 Å². The average molecular weight is 517 g/mol. The van der Waals surface area contributed by atoms with Crippen LogP contribution in [0.3, 0.4) is 0 Å². The summed E-state index contributed by atoms with van der Waals surface area (Å²) in [7, 11) is 1.53. The molecular weight excluding hydrogens is 502 g/mol. The zero-order chi connectivity index (χ0) is 20.7. The molecule has 0 amide bonds. The van der Waals surface area contributed by atoms with E-state index in [4.69, 9.17) is 9.15 Å². The molecule has 0 unspecified atom stereocenters. The SMILES string of the molecule is COc1ccc2c(C[C@@H]3C=Cc4cc(Br)c(Br)cc4[C@H]3O)c(C#N)c(=O)oc2c1. The molecule has 0 bridgehead atoms. The molecule has 0 radical (unpaired) electrons. The van der Waals surface area contributed by atoms with Crippen molar-refractivity contribution in [2.45, 2.75) is 12.5 Å². The number of benzene rings is 2. The molecule has 5 nitrogen and oxygen atoms in total. The summed E-state index contributed by atoms with van der Waals surface area (Å²) in [6, 6.07) is 10.9. The van der Waals surface area contributed by atoms with E-state index in [0.717, 1.165) is 20.1 Å². The van der Waals surface area contributed by atoms with Gasteiger partial charge in [0.05, 0.1) is 13.2 Å². The molecule has 0 spiro atoms. The first kappa shape index (κ1) is 19.9. The lowest BCUT2D eigenvalue weighted by molar-refractivity contribution is 0.130. The lowest BCUT2D eigenvalue weighted by Crippen LogP contribution is -2.20. The van der Waals surface area contributed by atoms with Crippen molar-refractivity contribution in [3.05, 3.63) is 78.0 Å². The summed E-state index contributed by atoms with van der Waals surface area (Å²) < 4.78 is 12.3. The first-order valence-corrected chi connectivity index (χ1v) is 10.4. The van der Waals surface area contributed by atoms with Crippen molar-refractivity contribution < 1.29 is 14.3 Å². The van der Waals surface area contributed by atoms with Crippen molar-refractivity contribution in [2.75, 3.05) is 7.11 Å². The van der Waals surface area contributed by atoms with E-state index in [2.05, 4.69) is 31.9 Å². The van der Waals surface area contributed by atoms with Crippen LogP contribution in [0.1, 0.15) is 28.4 Å². The van der Waals surface area contributed by atoms with Gasteiger partial charge in [-0.25, -0.2) is 4.79 Å². The van der Waals surface area contributed by atoms with Crippen molar-refractivity contribution >= 4 is 48.9 Å². The second kappa shape index (κ2) is 7.79. The molecule has 1 aliphatic rings. The quantitative estimate of drug-likeness (QED) is 0.488. The Kier molecular flexibility index (Phi) is 5.34. The molecule has 29 heavy (non-hydrogen) atoms. The van der Waals surface area contributed by atoms with E-state index in [1.54, 1.807) is 18.2 Å². The van der Waals surface area contributed by atoms with Gasteiger partial charge in [-0.1, -0.05) is 12.2 Å². The van der Waals surface area contributed by atoms with Gasteiger partial charge in [0.15, 0.2) is 0 Å². The van der Waals surface area contributed by atoms with E-state index >= 15 is 0 Å². The minimum Gasteiger partial charge on any atom is -0.497 e. The fourth-order valence-corrected chi connectivity index (χ4v) is 4.38. The minimum absolute atomic E-state index is 0.0361. The Hall–Kier alpha value is -2.40. The summed E-state index contributed by atoms with van der Waals surface area (Å²) in [4.78, 5) is 12.4. The number of aliphatic hydroxyl groups excluding tert-OH is 1. The highest BCUT2D eigenvalue weighted by molar-refractivity contribution is 9.13. The second-order valence-electron chi connectivity index (χ2n) is 6.78. The molecule has 0 saturated heterocycles. The molecule has 1 aromatic heterocycles. The summed E-state index contributed by atoms with van der Waals surface area (Å²) >= 11 is 6.95. The number of hydrogen-bond donors (Lipinski definition) is 1. The summed E-state index contributed by atoms with van der Waals surface area (Å²) in [5.41, 5.74) is 1.90. The maximum Gasteiger partial charge on any atom is 0.354 e. The van der Waals surface area contributed by atoms with Crippen molar-refractivity contribution in [1.82, 2.24) is 0 Å². The van der Waals surface area contributed by atoms with E-state index in [0.29, 0.717) is 28.7 Å². The van der Waals surface area contributed by atoms with E-state index in [-0.39, 0.29) is 11.5 Å². The molecule has 7 heteroatoms. The maximum absolute atomic E-state index is 12.4. The third-order valence-electron chi connectivity index (χ3n) is 5.15. The first-order chi connectivity index (χ1) is 13.9. The maximum atomic E-state index is 12.4. The van der Waals surface area contributed by atoms with Gasteiger partial charge in [0.1, 0.15) is 23.0 Å². The average Bonchev–Trinajstić information content (AvgIpc) is 2.71. The van der Waals surface area contributed by atoms with Crippen LogP contribution >= 0.6 is 31.9 Å². The van der Waals surface area contributed by atoms with Crippen LogP contribution in [0.2, 0.25) is 0 Å². The zero-order valence-electron chi connectivity index (χ0n) is 15.3. The highest BCUT2D eigenvalue weighted by Gasteiger charge is 2.28. The van der Waals surface area contributed by atoms with Gasteiger partial charge in [0, 0.05) is 26.3 Å². The van der Waals surface area contributed by atoms with Crippen LogP contribution in [-0.2, 0) is 6.42 Å². The summed E-state index contributed by atoms with van der Waals surface area (Å²) in [6.07, 6.45) is 3.42. The number of fused-ring (bicyclic) bond motifs is 2. The van der Waals surface area contributed by atoms with Crippen LogP contribution < -0.4 is 10.4 Å². The Bertz CT molecular complexity index is 1260. The number of ether oxygens (including phenoxy) is 1. The Morgan fingerprint density at radius 2 is 2.00 bits per heavy atom. The normalized spacial score (nSPS) is 17.8. The molecule has 146 valence electrons. The number of hydrogen-bond acceptors (Lipinski definition) is 5. The zero-order valence-corrected chi connectivity index (χ0v) is 18.5. The topological polar surface area (TPSA) is 83.5 Å². The van der Waals surface area contributed by atoms with Gasteiger partial charge in [0.25, 0.3) is 0 Å². The number of rotatable bonds is 3. The minimum atomic E-state index is -0.772. The van der Waals surface area contributed by atoms with Crippen molar-refractivity contribution in [2.24, 2.45) is 5.92 Å². The van der Waals surface area contributed by atoms with Gasteiger partial charge in [0.2, 0.25) is 0 Å². The Balaban J connectivity index is 1.81. The number of methoxy groups -OCH3 is 1. The molecule has 4 rings (SSSR count). The van der Waals surface area contributed by atoms with Gasteiger partial charge < -0.3 is 14.3 Å². The molecule has 3 aromatic rings. The lowest BCUT2D eigenvalue weighted by atomic mass is 9.82. The van der Waals surface area contributed by atoms with Crippen LogP contribution in [0.5, 0.6) is 5.75 Å². The molecule has 0 aliphatic heterocycles. The first-order valence-electron chi connectivity index (χ1n) is 8.82. The molecule has 1 aliphatic carbocycles. The predicted octanol–water partition coefficient (Wildman–Crippen LogP) is 5.12. The molecule has 2 atom stereocenters. The van der Waals surface area contributed by atoms with E-state index in [9.17, 15) is 15.2 Å². The summed E-state index contributed by atoms with van der Waals surface area (Å²) in [5, 5.41) is 21.2. The standard InChI is InChI=1S/C22H15Br2NO4/c1-28-13-4-5-14-16(17(10-25)22(27)29-20(14)8-13)6-12-3-2-11-7-18(23)19(24)9-15(11)21(12)26/h2-5,7-9,12,21,26H,6H2,1H3/t12-,21-/m0/s1. The van der Waals surface area contributed by atoms with Gasteiger partial charge in [-0.2, -0.15) is 5.26 Å². The monoisotopic (exact) mass is 515 g/mol. The largest absolute Gasteiger partial charge is 0.497 e. The van der Waals surface area contributed by atoms with Gasteiger partial charge >= 0.3 is 5.63 Å². The smallest absolute Gasteiger partial charge is 0.354 e. The number of aliphatic hydroxyl groups is 1. The highest BCUT2D eigenvalue weighted by Crippen LogP contribution is 2.39. The molecule has 2 aromatic carbocycles. The van der Waals surface area contributed by atoms with Gasteiger partial charge in [-0.05, 0) is 79.2 Å². The molecule has 1 heterocycles. The summed E-state index contributed by atoms with van der Waals surface area (Å²) in [5.74, 6) is 0.257. The van der Waals surface area contributed by atoms with Gasteiger partial charge in [-0.15, -0.1) is 0 Å². The highest BCUT2D eigenvalue weighted by atomic mass is 79.9. The second-order valence-corrected chi connectivity index (χ2v) is 8.49. The predicted molar refractivity (Wildman–Crippen MR) is 117 cm³/mol. The molecule has 1 N–H and O–H groups in total. The van der Waals surface area contributed by atoms with E-state index < -0.39 is 11.7 Å². The molecule has 0 saturated carbocycles. The third kappa shape index (κ3) is 3.52. The Labute approximate surface area is 183 Å². The Morgan fingerprint density at radius 1 is 1.24 bits per heavy atom. The number of nitriles is 1. The lowest BCUT2D eigenvalue weighted by Gasteiger charge is -2.27. The van der Waals surface area contributed by atoms with E-state index in [1.807, 2.05) is 30.4 Å². The van der Waals surface area contributed by atoms with Crippen LogP contribution in [0.15, 0.2) is 54.6 Å².